The number of anilines is 1. The number of aromatic nitrogens is 1. The lowest BCUT2D eigenvalue weighted by Gasteiger charge is -2.15. The maximum atomic E-state index is 8.91. The van der Waals surface area contributed by atoms with Crippen molar-refractivity contribution in [2.75, 3.05) is 18.9 Å². The number of hydrogen-bond donors (Lipinski definition) is 1. The third-order valence-corrected chi connectivity index (χ3v) is 3.76. The molecule has 2 aromatic rings. The van der Waals surface area contributed by atoms with Crippen molar-refractivity contribution < 1.29 is 0 Å². The van der Waals surface area contributed by atoms with Gasteiger partial charge in [-0.3, -0.25) is 4.90 Å². The van der Waals surface area contributed by atoms with E-state index in [1.807, 2.05) is 30.5 Å². The minimum atomic E-state index is 0.711. The normalized spacial score (nSPS) is 10.5. The van der Waals surface area contributed by atoms with Gasteiger partial charge in [0, 0.05) is 30.7 Å². The van der Waals surface area contributed by atoms with Crippen LogP contribution in [-0.4, -0.2) is 23.5 Å². The first-order valence-corrected chi connectivity index (χ1v) is 7.39. The van der Waals surface area contributed by atoms with Gasteiger partial charge in [-0.2, -0.15) is 5.26 Å². The highest BCUT2D eigenvalue weighted by Crippen LogP contribution is 2.19. The number of benzene rings is 1. The van der Waals surface area contributed by atoms with Gasteiger partial charge in [-0.25, -0.2) is 4.98 Å². The van der Waals surface area contributed by atoms with Crippen LogP contribution in [0.3, 0.4) is 0 Å². The van der Waals surface area contributed by atoms with E-state index in [1.54, 1.807) is 11.3 Å². The van der Waals surface area contributed by atoms with Crippen molar-refractivity contribution in [2.45, 2.75) is 20.0 Å². The fourth-order valence-corrected chi connectivity index (χ4v) is 2.95. The van der Waals surface area contributed by atoms with Crippen LogP contribution < -0.4 is 5.32 Å². The van der Waals surface area contributed by atoms with E-state index >= 15 is 0 Å². The molecule has 20 heavy (non-hydrogen) atoms. The number of rotatable bonds is 6. The van der Waals surface area contributed by atoms with Gasteiger partial charge in [-0.15, -0.1) is 11.3 Å². The topological polar surface area (TPSA) is 52.0 Å². The summed E-state index contributed by atoms with van der Waals surface area (Å²) in [5, 5.41) is 13.1. The van der Waals surface area contributed by atoms with E-state index in [0.717, 1.165) is 30.3 Å². The van der Waals surface area contributed by atoms with Gasteiger partial charge in [-0.05, 0) is 31.7 Å². The molecule has 0 spiro atoms. The molecule has 0 aliphatic heterocycles. The molecular formula is C15H18N4S. The first-order valence-electron chi connectivity index (χ1n) is 6.57. The van der Waals surface area contributed by atoms with Crippen molar-refractivity contribution in [3.63, 3.8) is 0 Å². The summed E-state index contributed by atoms with van der Waals surface area (Å²) in [5.74, 6) is 0. The molecule has 0 saturated carbocycles. The van der Waals surface area contributed by atoms with Crippen molar-refractivity contribution in [1.29, 1.82) is 5.26 Å². The Bertz CT molecular complexity index is 600. The molecule has 4 nitrogen and oxygen atoms in total. The van der Waals surface area contributed by atoms with Gasteiger partial charge >= 0.3 is 0 Å². The van der Waals surface area contributed by atoms with E-state index < -0.39 is 0 Å². The SMILES string of the molecule is CCNc1ncc(CN(C)Cc2cccc(C#N)c2)s1. The van der Waals surface area contributed by atoms with Crippen LogP contribution in [-0.2, 0) is 13.1 Å². The maximum Gasteiger partial charge on any atom is 0.182 e. The Kier molecular flexibility index (Phi) is 5.10. The monoisotopic (exact) mass is 286 g/mol. The molecule has 1 aromatic carbocycles. The van der Waals surface area contributed by atoms with Gasteiger partial charge in [0.1, 0.15) is 0 Å². The Hall–Kier alpha value is -1.90. The van der Waals surface area contributed by atoms with E-state index in [-0.39, 0.29) is 0 Å². The largest absolute Gasteiger partial charge is 0.362 e. The third-order valence-electron chi connectivity index (χ3n) is 2.82. The molecule has 1 N–H and O–H groups in total. The molecule has 5 heteroatoms. The van der Waals surface area contributed by atoms with Crippen LogP contribution in [0.5, 0.6) is 0 Å². The number of thiazole rings is 1. The van der Waals surface area contributed by atoms with Gasteiger partial charge in [0.2, 0.25) is 0 Å². The lowest BCUT2D eigenvalue weighted by atomic mass is 10.1. The zero-order chi connectivity index (χ0) is 14.4. The number of nitrogens with one attached hydrogen (secondary N) is 1. The van der Waals surface area contributed by atoms with Crippen LogP contribution in [0.1, 0.15) is 22.9 Å². The fourth-order valence-electron chi connectivity index (χ4n) is 1.99. The van der Waals surface area contributed by atoms with Gasteiger partial charge in [0.15, 0.2) is 5.13 Å². The van der Waals surface area contributed by atoms with Crippen molar-refractivity contribution in [3.8, 4) is 6.07 Å². The molecule has 0 unspecified atom stereocenters. The molecule has 0 aliphatic carbocycles. The lowest BCUT2D eigenvalue weighted by Crippen LogP contribution is -2.16. The molecule has 0 radical (unpaired) electrons. The maximum absolute atomic E-state index is 8.91. The second-order valence-corrected chi connectivity index (χ2v) is 5.76. The Balaban J connectivity index is 1.94. The first-order chi connectivity index (χ1) is 9.71. The van der Waals surface area contributed by atoms with Gasteiger partial charge in [0.25, 0.3) is 0 Å². The second kappa shape index (κ2) is 7.04. The zero-order valence-electron chi connectivity index (χ0n) is 11.8. The first kappa shape index (κ1) is 14.5. The Morgan fingerprint density at radius 2 is 2.25 bits per heavy atom. The Morgan fingerprint density at radius 1 is 1.40 bits per heavy atom. The molecule has 0 saturated heterocycles. The van der Waals surface area contributed by atoms with Crippen LogP contribution in [0.25, 0.3) is 0 Å². The molecule has 2 rings (SSSR count). The highest BCUT2D eigenvalue weighted by molar-refractivity contribution is 7.15. The van der Waals surface area contributed by atoms with Crippen LogP contribution in [0.15, 0.2) is 30.5 Å². The lowest BCUT2D eigenvalue weighted by molar-refractivity contribution is 0.322. The van der Waals surface area contributed by atoms with Gasteiger partial charge < -0.3 is 5.32 Å². The summed E-state index contributed by atoms with van der Waals surface area (Å²) >= 11 is 1.69. The summed E-state index contributed by atoms with van der Waals surface area (Å²) in [5.41, 5.74) is 1.87. The van der Waals surface area contributed by atoms with Gasteiger partial charge in [0.05, 0.1) is 11.6 Å². The van der Waals surface area contributed by atoms with Crippen molar-refractivity contribution in [1.82, 2.24) is 9.88 Å². The van der Waals surface area contributed by atoms with Crippen LogP contribution in [0, 0.1) is 11.3 Å². The van der Waals surface area contributed by atoms with Gasteiger partial charge in [-0.1, -0.05) is 12.1 Å². The minimum Gasteiger partial charge on any atom is -0.362 e. The molecule has 0 fully saturated rings. The summed E-state index contributed by atoms with van der Waals surface area (Å²) in [6.07, 6.45) is 1.92. The minimum absolute atomic E-state index is 0.711. The highest BCUT2D eigenvalue weighted by atomic mass is 32.1. The summed E-state index contributed by atoms with van der Waals surface area (Å²) in [7, 11) is 2.08. The Labute approximate surface area is 123 Å². The summed E-state index contributed by atoms with van der Waals surface area (Å²) < 4.78 is 0. The third kappa shape index (κ3) is 4.05. The van der Waals surface area contributed by atoms with E-state index in [1.165, 1.54) is 4.88 Å². The summed E-state index contributed by atoms with van der Waals surface area (Å²) in [4.78, 5) is 7.79. The van der Waals surface area contributed by atoms with Crippen LogP contribution in [0.2, 0.25) is 0 Å². The summed E-state index contributed by atoms with van der Waals surface area (Å²) in [6.45, 7) is 4.64. The smallest absolute Gasteiger partial charge is 0.182 e. The second-order valence-electron chi connectivity index (χ2n) is 4.65. The van der Waals surface area contributed by atoms with E-state index in [2.05, 4.69) is 35.2 Å². The number of nitrogens with zero attached hydrogens (tertiary/aromatic N) is 3. The molecule has 1 aromatic heterocycles. The molecule has 0 aliphatic rings. The predicted molar refractivity (Wildman–Crippen MR) is 82.6 cm³/mol. The van der Waals surface area contributed by atoms with Crippen molar-refractivity contribution >= 4 is 16.5 Å². The quantitative estimate of drug-likeness (QED) is 0.886. The molecule has 0 amide bonds. The standard InChI is InChI=1S/C15H18N4S/c1-3-17-15-18-9-14(20-15)11-19(2)10-13-6-4-5-12(7-13)8-16/h4-7,9H,3,10-11H2,1-2H3,(H,17,18). The average molecular weight is 286 g/mol. The van der Waals surface area contributed by atoms with E-state index in [4.69, 9.17) is 5.26 Å². The highest BCUT2D eigenvalue weighted by Gasteiger charge is 2.06. The molecule has 0 bridgehead atoms. The van der Waals surface area contributed by atoms with Crippen molar-refractivity contribution in [2.24, 2.45) is 0 Å². The van der Waals surface area contributed by atoms with Crippen LogP contribution >= 0.6 is 11.3 Å². The number of nitriles is 1. The average Bonchev–Trinajstić information content (AvgIpc) is 2.86. The fraction of sp³-hybridized carbons (Fsp3) is 0.333. The molecule has 0 atom stereocenters. The van der Waals surface area contributed by atoms with Crippen molar-refractivity contribution in [3.05, 3.63) is 46.5 Å². The Morgan fingerprint density at radius 3 is 3.00 bits per heavy atom. The zero-order valence-corrected chi connectivity index (χ0v) is 12.6. The van der Waals surface area contributed by atoms with E-state index in [0.29, 0.717) is 5.56 Å². The molecular weight excluding hydrogens is 268 g/mol. The van der Waals surface area contributed by atoms with E-state index in [9.17, 15) is 0 Å². The molecule has 1 heterocycles. The number of hydrogen-bond acceptors (Lipinski definition) is 5. The predicted octanol–water partition coefficient (Wildman–Crippen LogP) is 3.08. The van der Waals surface area contributed by atoms with Crippen LogP contribution in [0.4, 0.5) is 5.13 Å². The summed E-state index contributed by atoms with van der Waals surface area (Å²) in [6, 6.07) is 9.92. The molecule has 104 valence electrons.